The number of carboxylic acids is 1. The van der Waals surface area contributed by atoms with Crippen molar-refractivity contribution < 1.29 is 19.4 Å². The summed E-state index contributed by atoms with van der Waals surface area (Å²) in [6.45, 7) is 1.24. The van der Waals surface area contributed by atoms with Crippen LogP contribution in [0.15, 0.2) is 30.3 Å². The molecule has 0 unspecified atom stereocenters. The molecule has 1 atom stereocenters. The number of hydrogen-bond acceptors (Lipinski definition) is 4. The molecule has 6 nitrogen and oxygen atoms in total. The van der Waals surface area contributed by atoms with Gasteiger partial charge in [-0.05, 0) is 12.5 Å². The van der Waals surface area contributed by atoms with E-state index in [2.05, 4.69) is 5.32 Å². The van der Waals surface area contributed by atoms with Crippen LogP contribution >= 0.6 is 0 Å². The highest BCUT2D eigenvalue weighted by Gasteiger charge is 2.28. The van der Waals surface area contributed by atoms with Gasteiger partial charge in [-0.3, -0.25) is 4.79 Å². The zero-order chi connectivity index (χ0) is 13.6. The number of alkyl carbamates (subject to hydrolysis) is 1. The molecule has 98 valence electrons. The van der Waals surface area contributed by atoms with Crippen LogP contribution in [-0.2, 0) is 16.1 Å². The number of hydrogen-bond donors (Lipinski definition) is 3. The highest BCUT2D eigenvalue weighted by atomic mass is 16.5. The van der Waals surface area contributed by atoms with Crippen LogP contribution in [0.1, 0.15) is 12.5 Å². The van der Waals surface area contributed by atoms with Crippen LogP contribution in [0.3, 0.4) is 0 Å². The zero-order valence-electron chi connectivity index (χ0n) is 10.1. The Morgan fingerprint density at radius 2 is 2.00 bits per heavy atom. The summed E-state index contributed by atoms with van der Waals surface area (Å²) in [7, 11) is 0. The largest absolute Gasteiger partial charge is 0.480 e. The number of nitrogens with two attached hydrogens (primary N) is 1. The molecule has 1 rings (SSSR count). The van der Waals surface area contributed by atoms with Crippen molar-refractivity contribution in [2.75, 3.05) is 6.54 Å². The number of aliphatic carboxylic acids is 1. The number of rotatable bonds is 5. The molecule has 4 N–H and O–H groups in total. The number of benzene rings is 1. The van der Waals surface area contributed by atoms with Crippen LogP contribution in [0.4, 0.5) is 4.79 Å². The van der Waals surface area contributed by atoms with Crippen LogP contribution in [0, 0.1) is 0 Å². The third-order valence-corrected chi connectivity index (χ3v) is 2.30. The lowest BCUT2D eigenvalue weighted by Crippen LogP contribution is -2.53. The molecule has 0 aromatic heterocycles. The van der Waals surface area contributed by atoms with E-state index < -0.39 is 17.6 Å². The highest BCUT2D eigenvalue weighted by Crippen LogP contribution is 2.01. The molecule has 0 fully saturated rings. The van der Waals surface area contributed by atoms with E-state index in [0.29, 0.717) is 0 Å². The molecule has 1 aromatic rings. The van der Waals surface area contributed by atoms with Gasteiger partial charge in [0, 0.05) is 6.54 Å². The van der Waals surface area contributed by atoms with Crippen LogP contribution in [-0.4, -0.2) is 29.3 Å². The molecule has 0 aliphatic heterocycles. The Morgan fingerprint density at radius 3 is 2.56 bits per heavy atom. The highest BCUT2D eigenvalue weighted by molar-refractivity contribution is 5.79. The van der Waals surface area contributed by atoms with Crippen molar-refractivity contribution in [3.8, 4) is 0 Å². The normalized spacial score (nSPS) is 13.4. The van der Waals surface area contributed by atoms with Crippen LogP contribution in [0.25, 0.3) is 0 Å². The second-order valence-electron chi connectivity index (χ2n) is 4.14. The summed E-state index contributed by atoms with van der Waals surface area (Å²) in [5.41, 5.74) is 4.79. The Balaban J connectivity index is 2.33. The van der Waals surface area contributed by atoms with Gasteiger partial charge in [0.15, 0.2) is 0 Å². The predicted molar refractivity (Wildman–Crippen MR) is 64.9 cm³/mol. The van der Waals surface area contributed by atoms with Gasteiger partial charge in [0.2, 0.25) is 0 Å². The summed E-state index contributed by atoms with van der Waals surface area (Å²) in [5, 5.41) is 11.1. The van der Waals surface area contributed by atoms with Gasteiger partial charge in [-0.2, -0.15) is 0 Å². The molecule has 1 amide bonds. The number of carboxylic acid groups (broad SMARTS) is 1. The molecule has 0 heterocycles. The lowest BCUT2D eigenvalue weighted by molar-refractivity contribution is -0.142. The summed E-state index contributed by atoms with van der Waals surface area (Å²) < 4.78 is 4.90. The fourth-order valence-corrected chi connectivity index (χ4v) is 1.11. The van der Waals surface area contributed by atoms with Gasteiger partial charge in [-0.1, -0.05) is 30.3 Å². The zero-order valence-corrected chi connectivity index (χ0v) is 10.1. The van der Waals surface area contributed by atoms with Gasteiger partial charge >= 0.3 is 12.1 Å². The van der Waals surface area contributed by atoms with Crippen molar-refractivity contribution in [2.24, 2.45) is 5.73 Å². The summed E-state index contributed by atoms with van der Waals surface area (Å²) in [6.07, 6.45) is -0.697. The summed E-state index contributed by atoms with van der Waals surface area (Å²) in [5.74, 6) is -1.19. The van der Waals surface area contributed by atoms with E-state index in [-0.39, 0.29) is 13.2 Å². The minimum Gasteiger partial charge on any atom is -0.480 e. The lowest BCUT2D eigenvalue weighted by Gasteiger charge is -2.19. The predicted octanol–water partition coefficient (Wildman–Crippen LogP) is 0.715. The lowest BCUT2D eigenvalue weighted by atomic mass is 10.1. The Kier molecular flexibility index (Phi) is 4.67. The second-order valence-corrected chi connectivity index (χ2v) is 4.14. The number of carbonyl (C=O) groups excluding carboxylic acids is 1. The Bertz CT molecular complexity index is 417. The number of carbonyl (C=O) groups is 2. The average Bonchev–Trinajstić information content (AvgIpc) is 2.35. The fraction of sp³-hybridized carbons (Fsp3) is 0.333. The maximum Gasteiger partial charge on any atom is 0.407 e. The molecule has 0 saturated carbocycles. The molecule has 1 aromatic carbocycles. The van der Waals surface area contributed by atoms with Gasteiger partial charge in [0.05, 0.1) is 0 Å². The first-order valence-electron chi connectivity index (χ1n) is 5.38. The molecule has 0 aliphatic carbocycles. The molecular weight excluding hydrogens is 236 g/mol. The Morgan fingerprint density at radius 1 is 1.39 bits per heavy atom. The molecule has 18 heavy (non-hydrogen) atoms. The average molecular weight is 252 g/mol. The Labute approximate surface area is 105 Å². The standard InChI is InChI=1S/C12H16N2O4/c1-12(13,10(15)16)8-14-11(17)18-7-9-5-3-2-4-6-9/h2-6H,7-8,13H2,1H3,(H,14,17)(H,15,16)/t12-/m0/s1. The maximum absolute atomic E-state index is 11.3. The minimum atomic E-state index is -1.51. The van der Waals surface area contributed by atoms with Gasteiger partial charge in [0.1, 0.15) is 12.1 Å². The van der Waals surface area contributed by atoms with Crippen LogP contribution in [0.5, 0.6) is 0 Å². The minimum absolute atomic E-state index is 0.126. The number of ether oxygens (including phenoxy) is 1. The van der Waals surface area contributed by atoms with E-state index >= 15 is 0 Å². The monoisotopic (exact) mass is 252 g/mol. The summed E-state index contributed by atoms with van der Waals surface area (Å²) in [6, 6.07) is 9.15. The molecule has 6 heteroatoms. The van der Waals surface area contributed by atoms with E-state index in [4.69, 9.17) is 15.6 Å². The van der Waals surface area contributed by atoms with Crippen molar-refractivity contribution in [1.29, 1.82) is 0 Å². The first-order chi connectivity index (χ1) is 8.42. The van der Waals surface area contributed by atoms with Crippen molar-refractivity contribution in [1.82, 2.24) is 5.32 Å². The molecule has 0 radical (unpaired) electrons. The van der Waals surface area contributed by atoms with Gasteiger partial charge in [-0.25, -0.2) is 4.79 Å². The van der Waals surface area contributed by atoms with E-state index in [0.717, 1.165) is 5.56 Å². The first kappa shape index (κ1) is 14.0. The number of nitrogens with one attached hydrogen (secondary N) is 1. The van der Waals surface area contributed by atoms with E-state index in [1.165, 1.54) is 6.92 Å². The quantitative estimate of drug-likeness (QED) is 0.716. The molecule has 0 saturated heterocycles. The molecular formula is C12H16N2O4. The smallest absolute Gasteiger partial charge is 0.407 e. The van der Waals surface area contributed by atoms with Gasteiger partial charge < -0.3 is 20.9 Å². The van der Waals surface area contributed by atoms with Gasteiger partial charge in [-0.15, -0.1) is 0 Å². The summed E-state index contributed by atoms with van der Waals surface area (Å²) in [4.78, 5) is 22.0. The SMILES string of the molecule is C[C@](N)(CNC(=O)OCc1ccccc1)C(=O)O. The molecule has 0 bridgehead atoms. The molecule has 0 aliphatic rings. The molecule has 0 spiro atoms. The van der Waals surface area contributed by atoms with Crippen molar-refractivity contribution in [3.05, 3.63) is 35.9 Å². The fourth-order valence-electron chi connectivity index (χ4n) is 1.11. The van der Waals surface area contributed by atoms with Crippen molar-refractivity contribution >= 4 is 12.1 Å². The third-order valence-electron chi connectivity index (χ3n) is 2.30. The van der Waals surface area contributed by atoms with Crippen molar-refractivity contribution in [2.45, 2.75) is 19.1 Å². The topological polar surface area (TPSA) is 102 Å². The van der Waals surface area contributed by atoms with E-state index in [9.17, 15) is 9.59 Å². The van der Waals surface area contributed by atoms with E-state index in [1.54, 1.807) is 0 Å². The first-order valence-corrected chi connectivity index (χ1v) is 5.38. The number of amides is 1. The second kappa shape index (κ2) is 6.02. The van der Waals surface area contributed by atoms with Gasteiger partial charge in [0.25, 0.3) is 0 Å². The van der Waals surface area contributed by atoms with E-state index in [1.807, 2.05) is 30.3 Å². The van der Waals surface area contributed by atoms with Crippen LogP contribution < -0.4 is 11.1 Å². The third kappa shape index (κ3) is 4.42. The van der Waals surface area contributed by atoms with Crippen LogP contribution in [0.2, 0.25) is 0 Å². The van der Waals surface area contributed by atoms with Crippen molar-refractivity contribution in [3.63, 3.8) is 0 Å². The summed E-state index contributed by atoms with van der Waals surface area (Å²) >= 11 is 0. The maximum atomic E-state index is 11.3. The Hall–Kier alpha value is -2.08.